The fourth-order valence-electron chi connectivity index (χ4n) is 2.47. The molecule has 140 valence electrons. The number of benzene rings is 2. The van der Waals surface area contributed by atoms with Crippen LogP contribution in [-0.2, 0) is 11.2 Å². The Morgan fingerprint density at radius 1 is 1.26 bits per heavy atom. The van der Waals surface area contributed by atoms with E-state index in [-0.39, 0.29) is 18.0 Å². The summed E-state index contributed by atoms with van der Waals surface area (Å²) < 4.78 is 25.5. The van der Waals surface area contributed by atoms with E-state index in [4.69, 9.17) is 9.15 Å². The van der Waals surface area contributed by atoms with E-state index in [1.807, 2.05) is 31.2 Å². The third-order valence-electron chi connectivity index (χ3n) is 3.77. The first-order chi connectivity index (χ1) is 13.0. The Morgan fingerprint density at radius 2 is 2.04 bits per heavy atom. The predicted molar refractivity (Wildman–Crippen MR) is 104 cm³/mol. The number of aromatic nitrogens is 1. The van der Waals surface area contributed by atoms with Crippen molar-refractivity contribution in [3.8, 4) is 17.1 Å². The zero-order valence-electron chi connectivity index (χ0n) is 14.7. The van der Waals surface area contributed by atoms with Gasteiger partial charge in [0.25, 0.3) is 0 Å². The van der Waals surface area contributed by atoms with Gasteiger partial charge in [-0.05, 0) is 49.4 Å². The van der Waals surface area contributed by atoms with Crippen molar-refractivity contribution < 1.29 is 18.3 Å². The molecule has 5 nitrogen and oxygen atoms in total. The predicted octanol–water partition coefficient (Wildman–Crippen LogP) is 5.21. The van der Waals surface area contributed by atoms with Crippen LogP contribution in [0, 0.1) is 5.82 Å². The van der Waals surface area contributed by atoms with Crippen LogP contribution in [0.25, 0.3) is 11.3 Å². The number of nitrogens with one attached hydrogen (secondary N) is 1. The van der Waals surface area contributed by atoms with Crippen LogP contribution in [0.4, 0.5) is 10.1 Å². The Balaban J connectivity index is 1.56. The molecule has 27 heavy (non-hydrogen) atoms. The van der Waals surface area contributed by atoms with E-state index in [1.165, 1.54) is 12.1 Å². The van der Waals surface area contributed by atoms with Crippen LogP contribution in [0.3, 0.4) is 0 Å². The first-order valence-corrected chi connectivity index (χ1v) is 9.27. The van der Waals surface area contributed by atoms with Gasteiger partial charge in [0.2, 0.25) is 5.91 Å². The van der Waals surface area contributed by atoms with Crippen molar-refractivity contribution in [3.63, 3.8) is 0 Å². The molecule has 0 unspecified atom stereocenters. The maximum Gasteiger partial charge on any atom is 0.224 e. The fourth-order valence-corrected chi connectivity index (χ4v) is 2.80. The summed E-state index contributed by atoms with van der Waals surface area (Å²) in [7, 11) is 0. The van der Waals surface area contributed by atoms with E-state index in [0.717, 1.165) is 11.3 Å². The molecule has 7 heteroatoms. The molecule has 0 radical (unpaired) electrons. The monoisotopic (exact) mass is 432 g/mol. The standard InChI is InChI=1S/C20H18BrFN2O3/c1-2-26-15-6-3-13(4-7-15)18-12-23-20(27-18)10-9-19(25)24-17-8-5-14(21)11-16(17)22/h3-8,11-12H,2,9-10H2,1H3,(H,24,25). The van der Waals surface area contributed by atoms with Gasteiger partial charge in [0.15, 0.2) is 11.7 Å². The summed E-state index contributed by atoms with van der Waals surface area (Å²) in [6, 6.07) is 12.0. The second-order valence-corrected chi connectivity index (χ2v) is 6.66. The van der Waals surface area contributed by atoms with E-state index in [2.05, 4.69) is 26.2 Å². The van der Waals surface area contributed by atoms with Crippen LogP contribution in [0.5, 0.6) is 5.75 Å². The summed E-state index contributed by atoms with van der Waals surface area (Å²) in [6.07, 6.45) is 2.08. The minimum Gasteiger partial charge on any atom is -0.494 e. The third kappa shape index (κ3) is 5.17. The molecule has 1 heterocycles. The summed E-state index contributed by atoms with van der Waals surface area (Å²) in [4.78, 5) is 16.2. The van der Waals surface area contributed by atoms with E-state index in [1.54, 1.807) is 12.3 Å². The Morgan fingerprint density at radius 3 is 2.74 bits per heavy atom. The quantitative estimate of drug-likeness (QED) is 0.556. The normalized spacial score (nSPS) is 10.6. The molecule has 1 N–H and O–H groups in total. The van der Waals surface area contributed by atoms with Crippen LogP contribution in [0.1, 0.15) is 19.2 Å². The van der Waals surface area contributed by atoms with Crippen molar-refractivity contribution in [3.05, 3.63) is 64.8 Å². The van der Waals surface area contributed by atoms with Crippen molar-refractivity contribution in [2.45, 2.75) is 19.8 Å². The van der Waals surface area contributed by atoms with E-state index in [9.17, 15) is 9.18 Å². The number of amides is 1. The molecule has 0 aliphatic rings. The highest BCUT2D eigenvalue weighted by molar-refractivity contribution is 9.10. The minimum atomic E-state index is -0.494. The molecule has 0 fully saturated rings. The fraction of sp³-hybridized carbons (Fsp3) is 0.200. The molecule has 0 aliphatic heterocycles. The molecule has 1 aromatic heterocycles. The minimum absolute atomic E-state index is 0.138. The summed E-state index contributed by atoms with van der Waals surface area (Å²) in [6.45, 7) is 2.54. The number of carbonyl (C=O) groups is 1. The van der Waals surface area contributed by atoms with Gasteiger partial charge in [-0.15, -0.1) is 0 Å². The van der Waals surface area contributed by atoms with E-state index < -0.39 is 5.82 Å². The largest absolute Gasteiger partial charge is 0.494 e. The summed E-state index contributed by atoms with van der Waals surface area (Å²) >= 11 is 3.18. The Bertz CT molecular complexity index is 925. The number of carbonyl (C=O) groups excluding carboxylic acids is 1. The lowest BCUT2D eigenvalue weighted by molar-refractivity contribution is -0.116. The smallest absolute Gasteiger partial charge is 0.224 e. The van der Waals surface area contributed by atoms with Gasteiger partial charge >= 0.3 is 0 Å². The summed E-state index contributed by atoms with van der Waals surface area (Å²) in [5, 5.41) is 2.55. The van der Waals surface area contributed by atoms with Crippen molar-refractivity contribution >= 4 is 27.5 Å². The van der Waals surface area contributed by atoms with Crippen molar-refractivity contribution in [2.75, 3.05) is 11.9 Å². The van der Waals surface area contributed by atoms with Crippen molar-refractivity contribution in [1.29, 1.82) is 0 Å². The maximum absolute atomic E-state index is 13.8. The molecule has 0 saturated carbocycles. The SMILES string of the molecule is CCOc1ccc(-c2cnc(CCC(=O)Nc3ccc(Br)cc3F)o2)cc1. The summed E-state index contributed by atoms with van der Waals surface area (Å²) in [5.41, 5.74) is 1.02. The van der Waals surface area contributed by atoms with Gasteiger partial charge < -0.3 is 14.5 Å². The topological polar surface area (TPSA) is 64.4 Å². The Kier molecular flexibility index (Phi) is 6.24. The average Bonchev–Trinajstić information content (AvgIpc) is 3.12. The number of rotatable bonds is 7. The summed E-state index contributed by atoms with van der Waals surface area (Å²) in [5.74, 6) is 1.05. The van der Waals surface area contributed by atoms with Gasteiger partial charge in [0, 0.05) is 22.9 Å². The molecule has 0 saturated heterocycles. The van der Waals surface area contributed by atoms with Crippen LogP contribution < -0.4 is 10.1 Å². The maximum atomic E-state index is 13.8. The molecule has 0 spiro atoms. The number of hydrogen-bond acceptors (Lipinski definition) is 4. The molecule has 0 atom stereocenters. The van der Waals surface area contributed by atoms with Gasteiger partial charge in [0.1, 0.15) is 11.6 Å². The van der Waals surface area contributed by atoms with Gasteiger partial charge in [-0.3, -0.25) is 4.79 Å². The van der Waals surface area contributed by atoms with Crippen LogP contribution in [0.15, 0.2) is 57.6 Å². The molecule has 0 bridgehead atoms. The third-order valence-corrected chi connectivity index (χ3v) is 4.27. The zero-order chi connectivity index (χ0) is 19.2. The number of nitrogens with zero attached hydrogens (tertiary/aromatic N) is 1. The number of hydrogen-bond donors (Lipinski definition) is 1. The lowest BCUT2D eigenvalue weighted by Gasteiger charge is -2.06. The van der Waals surface area contributed by atoms with Crippen molar-refractivity contribution in [2.24, 2.45) is 0 Å². The van der Waals surface area contributed by atoms with Gasteiger partial charge in [-0.25, -0.2) is 9.37 Å². The molecule has 3 rings (SSSR count). The lowest BCUT2D eigenvalue weighted by Crippen LogP contribution is -2.13. The molecule has 0 aliphatic carbocycles. The molecular weight excluding hydrogens is 415 g/mol. The molecule has 2 aromatic carbocycles. The van der Waals surface area contributed by atoms with E-state index in [0.29, 0.717) is 29.2 Å². The molecule has 3 aromatic rings. The van der Waals surface area contributed by atoms with Gasteiger partial charge in [0.05, 0.1) is 18.5 Å². The number of anilines is 1. The second-order valence-electron chi connectivity index (χ2n) is 5.75. The second kappa shape index (κ2) is 8.81. The zero-order valence-corrected chi connectivity index (χ0v) is 16.3. The number of oxazole rings is 1. The lowest BCUT2D eigenvalue weighted by atomic mass is 10.2. The highest BCUT2D eigenvalue weighted by atomic mass is 79.9. The van der Waals surface area contributed by atoms with Crippen LogP contribution in [0.2, 0.25) is 0 Å². The average molecular weight is 433 g/mol. The molecular formula is C20H18BrFN2O3. The first-order valence-electron chi connectivity index (χ1n) is 8.48. The Labute approximate surface area is 164 Å². The number of aryl methyl sites for hydroxylation is 1. The number of halogens is 2. The molecule has 1 amide bonds. The van der Waals surface area contributed by atoms with E-state index >= 15 is 0 Å². The Hall–Kier alpha value is -2.67. The number of ether oxygens (including phenoxy) is 1. The van der Waals surface area contributed by atoms with Gasteiger partial charge in [-0.2, -0.15) is 0 Å². The highest BCUT2D eigenvalue weighted by Crippen LogP contribution is 2.24. The van der Waals surface area contributed by atoms with Crippen LogP contribution >= 0.6 is 15.9 Å². The van der Waals surface area contributed by atoms with Crippen LogP contribution in [-0.4, -0.2) is 17.5 Å². The van der Waals surface area contributed by atoms with Crippen molar-refractivity contribution in [1.82, 2.24) is 4.98 Å². The highest BCUT2D eigenvalue weighted by Gasteiger charge is 2.11. The first kappa shape index (κ1) is 19.1. The van der Waals surface area contributed by atoms with Gasteiger partial charge in [-0.1, -0.05) is 15.9 Å².